The van der Waals surface area contributed by atoms with Crippen LogP contribution >= 0.6 is 0 Å². The van der Waals surface area contributed by atoms with Gasteiger partial charge in [0.2, 0.25) is 0 Å². The highest BCUT2D eigenvalue weighted by molar-refractivity contribution is 4.75. The molecule has 1 N–H and O–H groups in total. The Hall–Kier alpha value is -0.120. The minimum atomic E-state index is 0.894. The van der Waals surface area contributed by atoms with Gasteiger partial charge in [-0.1, -0.05) is 13.3 Å². The minimum Gasteiger partial charge on any atom is -0.315 e. The molecule has 0 amide bonds. The van der Waals surface area contributed by atoms with Crippen molar-refractivity contribution >= 4 is 0 Å². The highest BCUT2D eigenvalue weighted by atomic mass is 15.2. The first-order valence-electron chi connectivity index (χ1n) is 6.80. The number of unbranched alkanes of at least 4 members (excludes halogenated alkanes) is 1. The van der Waals surface area contributed by atoms with Crippen molar-refractivity contribution in [1.29, 1.82) is 0 Å². The van der Waals surface area contributed by atoms with Gasteiger partial charge in [0.25, 0.3) is 0 Å². The maximum Gasteiger partial charge on any atom is 0.0104 e. The Bertz CT molecular complexity index is 173. The molecule has 1 rings (SSSR count). The van der Waals surface area contributed by atoms with E-state index in [1.807, 2.05) is 0 Å². The largest absolute Gasteiger partial charge is 0.315 e. The lowest BCUT2D eigenvalue weighted by Gasteiger charge is -2.21. The number of rotatable bonds is 8. The molecule has 0 aromatic heterocycles. The van der Waals surface area contributed by atoms with Crippen molar-refractivity contribution in [3.63, 3.8) is 0 Å². The minimum absolute atomic E-state index is 0.894. The van der Waals surface area contributed by atoms with Crippen LogP contribution in [0.5, 0.6) is 0 Å². The molecule has 0 aromatic carbocycles. The summed E-state index contributed by atoms with van der Waals surface area (Å²) in [7, 11) is 4.48. The van der Waals surface area contributed by atoms with Gasteiger partial charge in [0.1, 0.15) is 0 Å². The molecule has 96 valence electrons. The van der Waals surface area contributed by atoms with E-state index in [2.05, 4.69) is 36.1 Å². The van der Waals surface area contributed by atoms with Gasteiger partial charge in [-0.15, -0.1) is 0 Å². The maximum absolute atomic E-state index is 3.50. The summed E-state index contributed by atoms with van der Waals surface area (Å²) in [4.78, 5) is 4.92. The Balaban J connectivity index is 1.96. The van der Waals surface area contributed by atoms with Crippen molar-refractivity contribution in [2.24, 2.45) is 5.92 Å². The second-order valence-corrected chi connectivity index (χ2v) is 5.28. The molecular weight excluding hydrogens is 198 g/mol. The van der Waals surface area contributed by atoms with E-state index in [0.29, 0.717) is 0 Å². The van der Waals surface area contributed by atoms with Gasteiger partial charge in [-0.25, -0.2) is 0 Å². The molecule has 1 fully saturated rings. The van der Waals surface area contributed by atoms with Crippen molar-refractivity contribution in [1.82, 2.24) is 15.1 Å². The SMILES string of the molecule is CCCCNCCN(C)CC1CCN(C)C1. The van der Waals surface area contributed by atoms with E-state index in [1.165, 1.54) is 52.0 Å². The summed E-state index contributed by atoms with van der Waals surface area (Å²) in [5.41, 5.74) is 0. The lowest BCUT2D eigenvalue weighted by atomic mass is 10.1. The monoisotopic (exact) mass is 227 g/mol. The second kappa shape index (κ2) is 8.04. The van der Waals surface area contributed by atoms with Crippen molar-refractivity contribution in [3.8, 4) is 0 Å². The number of likely N-dealkylation sites (N-methyl/N-ethyl adjacent to an activating group) is 1. The summed E-state index contributed by atoms with van der Waals surface area (Å²) in [5.74, 6) is 0.894. The summed E-state index contributed by atoms with van der Waals surface area (Å²) < 4.78 is 0. The Morgan fingerprint density at radius 1 is 1.38 bits per heavy atom. The van der Waals surface area contributed by atoms with Crippen molar-refractivity contribution < 1.29 is 0 Å². The van der Waals surface area contributed by atoms with Gasteiger partial charge in [0, 0.05) is 26.2 Å². The molecule has 1 unspecified atom stereocenters. The van der Waals surface area contributed by atoms with Crippen LogP contribution in [-0.2, 0) is 0 Å². The fraction of sp³-hybridized carbons (Fsp3) is 1.00. The Morgan fingerprint density at radius 2 is 2.19 bits per heavy atom. The molecular formula is C13H29N3. The zero-order chi connectivity index (χ0) is 11.8. The zero-order valence-electron chi connectivity index (χ0n) is 11.3. The molecule has 0 aromatic rings. The van der Waals surface area contributed by atoms with Gasteiger partial charge >= 0.3 is 0 Å². The molecule has 0 spiro atoms. The molecule has 0 aliphatic carbocycles. The average molecular weight is 227 g/mol. The van der Waals surface area contributed by atoms with Gasteiger partial charge in [-0.3, -0.25) is 0 Å². The van der Waals surface area contributed by atoms with Crippen LogP contribution in [0.2, 0.25) is 0 Å². The van der Waals surface area contributed by atoms with E-state index in [1.54, 1.807) is 0 Å². The third kappa shape index (κ3) is 5.83. The van der Waals surface area contributed by atoms with Crippen LogP contribution < -0.4 is 5.32 Å². The summed E-state index contributed by atoms with van der Waals surface area (Å²) >= 11 is 0. The van der Waals surface area contributed by atoms with Gasteiger partial charge in [-0.05, 0) is 45.9 Å². The van der Waals surface area contributed by atoms with Gasteiger partial charge in [-0.2, -0.15) is 0 Å². The van der Waals surface area contributed by atoms with Gasteiger partial charge in [0.15, 0.2) is 0 Å². The van der Waals surface area contributed by atoms with Crippen LogP contribution in [-0.4, -0.2) is 63.2 Å². The Labute approximate surface area is 101 Å². The van der Waals surface area contributed by atoms with E-state index in [-0.39, 0.29) is 0 Å². The smallest absolute Gasteiger partial charge is 0.0104 e. The number of likely N-dealkylation sites (tertiary alicyclic amines) is 1. The molecule has 16 heavy (non-hydrogen) atoms. The average Bonchev–Trinajstić information content (AvgIpc) is 2.63. The van der Waals surface area contributed by atoms with Crippen molar-refractivity contribution in [2.75, 3.05) is 53.4 Å². The summed E-state index contributed by atoms with van der Waals surface area (Å²) in [6.45, 7) is 9.57. The van der Waals surface area contributed by atoms with Crippen LogP contribution in [0.3, 0.4) is 0 Å². The first-order valence-corrected chi connectivity index (χ1v) is 6.80. The van der Waals surface area contributed by atoms with Crippen LogP contribution in [0.15, 0.2) is 0 Å². The normalized spacial score (nSPS) is 22.1. The second-order valence-electron chi connectivity index (χ2n) is 5.28. The van der Waals surface area contributed by atoms with Gasteiger partial charge in [0.05, 0.1) is 0 Å². The lowest BCUT2D eigenvalue weighted by Crippen LogP contribution is -2.33. The highest BCUT2D eigenvalue weighted by Gasteiger charge is 2.20. The molecule has 1 atom stereocenters. The van der Waals surface area contributed by atoms with Gasteiger partial charge < -0.3 is 15.1 Å². The number of hydrogen-bond donors (Lipinski definition) is 1. The van der Waals surface area contributed by atoms with E-state index in [0.717, 1.165) is 12.5 Å². The van der Waals surface area contributed by atoms with E-state index in [4.69, 9.17) is 0 Å². The first kappa shape index (κ1) is 13.9. The standard InChI is InChI=1S/C13H29N3/c1-4-5-7-14-8-10-16(3)12-13-6-9-15(2)11-13/h13-14H,4-12H2,1-3H3. The van der Waals surface area contributed by atoms with Crippen LogP contribution in [0, 0.1) is 5.92 Å². The fourth-order valence-electron chi connectivity index (χ4n) is 2.40. The predicted molar refractivity (Wildman–Crippen MR) is 70.9 cm³/mol. The molecule has 0 radical (unpaired) electrons. The van der Waals surface area contributed by atoms with Crippen molar-refractivity contribution in [2.45, 2.75) is 26.2 Å². The molecule has 3 nitrogen and oxygen atoms in total. The topological polar surface area (TPSA) is 18.5 Å². The molecule has 1 heterocycles. The summed E-state index contributed by atoms with van der Waals surface area (Å²) in [5, 5.41) is 3.50. The maximum atomic E-state index is 3.50. The number of nitrogens with zero attached hydrogens (tertiary/aromatic N) is 2. The molecule has 3 heteroatoms. The van der Waals surface area contributed by atoms with E-state index >= 15 is 0 Å². The molecule has 1 aliphatic heterocycles. The Morgan fingerprint density at radius 3 is 2.81 bits per heavy atom. The molecule has 1 aliphatic rings. The summed E-state index contributed by atoms with van der Waals surface area (Å²) in [6.07, 6.45) is 3.97. The first-order chi connectivity index (χ1) is 7.72. The molecule has 1 saturated heterocycles. The zero-order valence-corrected chi connectivity index (χ0v) is 11.3. The van der Waals surface area contributed by atoms with E-state index < -0.39 is 0 Å². The van der Waals surface area contributed by atoms with Crippen LogP contribution in [0.25, 0.3) is 0 Å². The van der Waals surface area contributed by atoms with E-state index in [9.17, 15) is 0 Å². The predicted octanol–water partition coefficient (Wildman–Crippen LogP) is 1.26. The third-order valence-electron chi connectivity index (χ3n) is 3.44. The third-order valence-corrected chi connectivity index (χ3v) is 3.44. The molecule has 0 saturated carbocycles. The highest BCUT2D eigenvalue weighted by Crippen LogP contribution is 2.14. The Kier molecular flexibility index (Phi) is 7.01. The summed E-state index contributed by atoms with van der Waals surface area (Å²) in [6, 6.07) is 0. The van der Waals surface area contributed by atoms with Crippen LogP contribution in [0.1, 0.15) is 26.2 Å². The lowest BCUT2D eigenvalue weighted by molar-refractivity contribution is 0.273. The van der Waals surface area contributed by atoms with Crippen LogP contribution in [0.4, 0.5) is 0 Å². The molecule has 0 bridgehead atoms. The van der Waals surface area contributed by atoms with Crippen molar-refractivity contribution in [3.05, 3.63) is 0 Å². The number of hydrogen-bond acceptors (Lipinski definition) is 3. The fourth-order valence-corrected chi connectivity index (χ4v) is 2.40. The quantitative estimate of drug-likeness (QED) is 0.630. The number of nitrogens with one attached hydrogen (secondary N) is 1.